The maximum Gasteiger partial charge on any atom is 0.251 e. The van der Waals surface area contributed by atoms with Crippen molar-refractivity contribution in [1.29, 1.82) is 0 Å². The number of rotatable bonds is 9. The van der Waals surface area contributed by atoms with Crippen LogP contribution in [0, 0.1) is 12.8 Å². The van der Waals surface area contributed by atoms with Crippen molar-refractivity contribution in [2.75, 3.05) is 18.4 Å². The van der Waals surface area contributed by atoms with E-state index in [0.29, 0.717) is 18.8 Å². The number of hydrogen-bond acceptors (Lipinski definition) is 4. The second kappa shape index (κ2) is 11.1. The third-order valence-electron chi connectivity index (χ3n) is 5.10. The molecule has 0 radical (unpaired) electrons. The first kappa shape index (κ1) is 26.0. The zero-order valence-corrected chi connectivity index (χ0v) is 21.4. The number of anilines is 1. The van der Waals surface area contributed by atoms with E-state index in [-0.39, 0.29) is 22.3 Å². The largest absolute Gasteiger partial charge is 0.340 e. The second-order valence-electron chi connectivity index (χ2n) is 7.77. The van der Waals surface area contributed by atoms with Gasteiger partial charge in [0.15, 0.2) is 0 Å². The van der Waals surface area contributed by atoms with E-state index in [9.17, 15) is 18.0 Å². The molecular weight excluding hydrogens is 494 g/mol. The molecular formula is C23H30BrN3O4S. The molecule has 0 aliphatic rings. The number of carbonyl (C=O) groups excluding carboxylic acids is 2. The quantitative estimate of drug-likeness (QED) is 0.515. The highest BCUT2D eigenvalue weighted by Crippen LogP contribution is 2.21. The van der Waals surface area contributed by atoms with E-state index in [0.717, 1.165) is 10.0 Å². The number of hydrogen-bond donors (Lipinski definition) is 2. The van der Waals surface area contributed by atoms with Crippen LogP contribution in [0.4, 0.5) is 5.69 Å². The van der Waals surface area contributed by atoms with Gasteiger partial charge in [-0.05, 0) is 54.8 Å². The Hall–Kier alpha value is -2.23. The van der Waals surface area contributed by atoms with Crippen molar-refractivity contribution in [2.24, 2.45) is 5.92 Å². The summed E-state index contributed by atoms with van der Waals surface area (Å²) in [6.07, 6.45) is 0. The smallest absolute Gasteiger partial charge is 0.251 e. The predicted octanol–water partition coefficient (Wildman–Crippen LogP) is 4.18. The zero-order chi connectivity index (χ0) is 24.1. The lowest BCUT2D eigenvalue weighted by Crippen LogP contribution is -2.47. The van der Waals surface area contributed by atoms with Gasteiger partial charge in [-0.25, -0.2) is 8.42 Å². The molecule has 0 saturated carbocycles. The fourth-order valence-electron chi connectivity index (χ4n) is 3.21. The summed E-state index contributed by atoms with van der Waals surface area (Å²) in [6.45, 7) is 9.77. The van der Waals surface area contributed by atoms with Crippen LogP contribution in [0.2, 0.25) is 0 Å². The first-order chi connectivity index (χ1) is 15.0. The van der Waals surface area contributed by atoms with Gasteiger partial charge in [0.2, 0.25) is 15.9 Å². The minimum atomic E-state index is -3.70. The fraction of sp³-hybridized carbons (Fsp3) is 0.391. The molecule has 0 bridgehead atoms. The Morgan fingerprint density at radius 2 is 1.72 bits per heavy atom. The van der Waals surface area contributed by atoms with Crippen LogP contribution in [0.5, 0.6) is 0 Å². The SMILES string of the molecule is CCN(CC)S(=O)(=O)c1cccc(C(=O)N[C@@H](C(=O)Nc2ccc(Br)c(C)c2)C(C)C)c1. The molecule has 0 heterocycles. The van der Waals surface area contributed by atoms with Crippen molar-refractivity contribution < 1.29 is 18.0 Å². The normalized spacial score (nSPS) is 12.6. The summed E-state index contributed by atoms with van der Waals surface area (Å²) in [5.41, 5.74) is 1.78. The molecule has 9 heteroatoms. The number of nitrogens with one attached hydrogen (secondary N) is 2. The molecule has 0 fully saturated rings. The Labute approximate surface area is 198 Å². The van der Waals surface area contributed by atoms with Gasteiger partial charge >= 0.3 is 0 Å². The number of benzene rings is 2. The summed E-state index contributed by atoms with van der Waals surface area (Å²) in [6, 6.07) is 10.5. The molecule has 2 rings (SSSR count). The first-order valence-corrected chi connectivity index (χ1v) is 12.7. The van der Waals surface area contributed by atoms with E-state index in [1.807, 2.05) is 32.9 Å². The van der Waals surface area contributed by atoms with Crippen LogP contribution in [0.1, 0.15) is 43.6 Å². The summed E-state index contributed by atoms with van der Waals surface area (Å²) in [5, 5.41) is 5.58. The van der Waals surface area contributed by atoms with Gasteiger partial charge in [0.25, 0.3) is 5.91 Å². The summed E-state index contributed by atoms with van der Waals surface area (Å²) in [5.74, 6) is -1.04. The van der Waals surface area contributed by atoms with Gasteiger partial charge in [0.1, 0.15) is 6.04 Å². The first-order valence-electron chi connectivity index (χ1n) is 10.5. The van der Waals surface area contributed by atoms with E-state index >= 15 is 0 Å². The third-order valence-corrected chi connectivity index (χ3v) is 8.04. The molecule has 0 aliphatic carbocycles. The zero-order valence-electron chi connectivity index (χ0n) is 19.0. The van der Waals surface area contributed by atoms with E-state index < -0.39 is 22.0 Å². The number of halogens is 1. The number of nitrogens with zero attached hydrogens (tertiary/aromatic N) is 1. The highest BCUT2D eigenvalue weighted by Gasteiger charge is 2.26. The van der Waals surface area contributed by atoms with Crippen molar-refractivity contribution in [2.45, 2.75) is 45.6 Å². The van der Waals surface area contributed by atoms with Gasteiger partial charge in [-0.1, -0.05) is 49.7 Å². The van der Waals surface area contributed by atoms with E-state index in [1.165, 1.54) is 28.6 Å². The molecule has 0 saturated heterocycles. The molecule has 0 aromatic heterocycles. The van der Waals surface area contributed by atoms with Gasteiger partial charge in [0, 0.05) is 28.8 Å². The van der Waals surface area contributed by atoms with Crippen molar-refractivity contribution in [3.63, 3.8) is 0 Å². The van der Waals surface area contributed by atoms with Crippen LogP contribution in [0.25, 0.3) is 0 Å². The number of sulfonamides is 1. The van der Waals surface area contributed by atoms with Crippen LogP contribution >= 0.6 is 15.9 Å². The van der Waals surface area contributed by atoms with Crippen molar-refractivity contribution in [3.8, 4) is 0 Å². The van der Waals surface area contributed by atoms with Crippen molar-refractivity contribution in [3.05, 3.63) is 58.1 Å². The maximum absolute atomic E-state index is 12.9. The van der Waals surface area contributed by atoms with Crippen molar-refractivity contribution in [1.82, 2.24) is 9.62 Å². The Kier molecular flexibility index (Phi) is 9.00. The lowest BCUT2D eigenvalue weighted by atomic mass is 10.0. The van der Waals surface area contributed by atoms with Crippen LogP contribution in [-0.2, 0) is 14.8 Å². The topological polar surface area (TPSA) is 95.6 Å². The molecule has 0 unspecified atom stereocenters. The summed E-state index contributed by atoms with van der Waals surface area (Å²) < 4.78 is 27.8. The highest BCUT2D eigenvalue weighted by molar-refractivity contribution is 9.10. The van der Waals surface area contributed by atoms with E-state index in [4.69, 9.17) is 0 Å². The number of amides is 2. The minimum Gasteiger partial charge on any atom is -0.340 e. The third kappa shape index (κ3) is 6.17. The maximum atomic E-state index is 12.9. The lowest BCUT2D eigenvalue weighted by Gasteiger charge is -2.22. The number of aryl methyl sites for hydroxylation is 1. The molecule has 2 aromatic carbocycles. The van der Waals surface area contributed by atoms with Gasteiger partial charge in [0.05, 0.1) is 4.90 Å². The van der Waals surface area contributed by atoms with Crippen LogP contribution < -0.4 is 10.6 Å². The Morgan fingerprint density at radius 1 is 1.06 bits per heavy atom. The van der Waals surface area contributed by atoms with E-state index in [2.05, 4.69) is 26.6 Å². The molecule has 32 heavy (non-hydrogen) atoms. The molecule has 7 nitrogen and oxygen atoms in total. The van der Waals surface area contributed by atoms with Crippen LogP contribution in [0.3, 0.4) is 0 Å². The highest BCUT2D eigenvalue weighted by atomic mass is 79.9. The van der Waals surface area contributed by atoms with Crippen LogP contribution in [0.15, 0.2) is 51.8 Å². The molecule has 2 N–H and O–H groups in total. The summed E-state index contributed by atoms with van der Waals surface area (Å²) in [4.78, 5) is 25.8. The molecule has 2 amide bonds. The minimum absolute atomic E-state index is 0.0461. The molecule has 0 spiro atoms. The van der Waals surface area contributed by atoms with Crippen molar-refractivity contribution >= 4 is 43.5 Å². The Balaban J connectivity index is 2.23. The Bertz CT molecular complexity index is 1080. The monoisotopic (exact) mass is 523 g/mol. The Morgan fingerprint density at radius 3 is 2.28 bits per heavy atom. The number of carbonyl (C=O) groups is 2. The predicted molar refractivity (Wildman–Crippen MR) is 130 cm³/mol. The van der Waals surface area contributed by atoms with Gasteiger partial charge in [-0.15, -0.1) is 0 Å². The van der Waals surface area contributed by atoms with Crippen LogP contribution in [-0.4, -0.2) is 43.7 Å². The average molecular weight is 524 g/mol. The summed E-state index contributed by atoms with van der Waals surface area (Å²) >= 11 is 3.43. The summed E-state index contributed by atoms with van der Waals surface area (Å²) in [7, 11) is -3.70. The lowest BCUT2D eigenvalue weighted by molar-refractivity contribution is -0.118. The molecule has 174 valence electrons. The molecule has 2 aromatic rings. The standard InChI is InChI=1S/C23H30BrN3O4S/c1-6-27(7-2)32(30,31)19-10-8-9-17(14-19)22(28)26-21(15(3)4)23(29)25-18-11-12-20(24)16(5)13-18/h8-15,21H,6-7H2,1-5H3,(H,25,29)(H,26,28)/t21-/m1/s1. The average Bonchev–Trinajstić information content (AvgIpc) is 2.74. The fourth-order valence-corrected chi connectivity index (χ4v) is 4.96. The second-order valence-corrected chi connectivity index (χ2v) is 10.6. The molecule has 1 atom stereocenters. The van der Waals surface area contributed by atoms with E-state index in [1.54, 1.807) is 19.9 Å². The van der Waals surface area contributed by atoms with Gasteiger partial charge in [-0.3, -0.25) is 9.59 Å². The van der Waals surface area contributed by atoms with Gasteiger partial charge < -0.3 is 10.6 Å². The molecule has 0 aliphatic heterocycles. The van der Waals surface area contributed by atoms with Gasteiger partial charge in [-0.2, -0.15) is 4.31 Å².